The van der Waals surface area contributed by atoms with Crippen molar-refractivity contribution in [1.29, 1.82) is 0 Å². The van der Waals surface area contributed by atoms with Gasteiger partial charge in [0, 0.05) is 18.6 Å². The van der Waals surface area contributed by atoms with Crippen molar-refractivity contribution >= 4 is 11.0 Å². The number of ether oxygens (including phenoxy) is 1. The molecule has 3 nitrogen and oxygen atoms in total. The van der Waals surface area contributed by atoms with Gasteiger partial charge in [0.05, 0.1) is 18.1 Å². The lowest BCUT2D eigenvalue weighted by Crippen LogP contribution is -1.91. The average Bonchev–Trinajstić information content (AvgIpc) is 2.80. The van der Waals surface area contributed by atoms with E-state index < -0.39 is 11.6 Å². The van der Waals surface area contributed by atoms with E-state index in [1.165, 1.54) is 0 Å². The summed E-state index contributed by atoms with van der Waals surface area (Å²) in [6, 6.07) is 9.79. The van der Waals surface area contributed by atoms with Gasteiger partial charge in [-0.1, -0.05) is 12.1 Å². The van der Waals surface area contributed by atoms with Crippen LogP contribution in [0.1, 0.15) is 11.4 Å². The van der Waals surface area contributed by atoms with Crippen LogP contribution in [0.25, 0.3) is 11.0 Å². The van der Waals surface area contributed by atoms with E-state index in [0.717, 1.165) is 23.4 Å². The van der Waals surface area contributed by atoms with Crippen LogP contribution in [0.2, 0.25) is 0 Å². The van der Waals surface area contributed by atoms with Gasteiger partial charge in [-0.2, -0.15) is 0 Å². The van der Waals surface area contributed by atoms with Crippen molar-refractivity contribution in [3.05, 3.63) is 59.4 Å². The van der Waals surface area contributed by atoms with Gasteiger partial charge < -0.3 is 9.72 Å². The first-order valence-electron chi connectivity index (χ1n) is 6.12. The summed E-state index contributed by atoms with van der Waals surface area (Å²) in [5.74, 6) is -0.361. The van der Waals surface area contributed by atoms with Gasteiger partial charge >= 0.3 is 0 Å². The van der Waals surface area contributed by atoms with Crippen LogP contribution in [0.15, 0.2) is 36.4 Å². The lowest BCUT2D eigenvalue weighted by Gasteiger charge is -2.02. The summed E-state index contributed by atoms with van der Waals surface area (Å²) in [6.07, 6.45) is 0.537. The Morgan fingerprint density at radius 2 is 1.95 bits per heavy atom. The highest BCUT2D eigenvalue weighted by molar-refractivity contribution is 5.75. The SMILES string of the molecule is COc1cccc(Cc2nc3cc(F)c(F)cc3[nH]2)c1. The molecule has 0 saturated heterocycles. The molecule has 0 amide bonds. The van der Waals surface area contributed by atoms with Gasteiger partial charge in [-0.15, -0.1) is 0 Å². The molecule has 0 aliphatic heterocycles. The first kappa shape index (κ1) is 12.6. The van der Waals surface area contributed by atoms with E-state index in [0.29, 0.717) is 23.3 Å². The molecule has 0 spiro atoms. The number of aromatic nitrogens is 2. The summed E-state index contributed by atoms with van der Waals surface area (Å²) in [4.78, 5) is 7.25. The molecule has 1 heterocycles. The Balaban J connectivity index is 1.94. The minimum Gasteiger partial charge on any atom is -0.497 e. The molecule has 0 aliphatic carbocycles. The molecule has 0 fully saturated rings. The molecular formula is C15H12F2N2O. The van der Waals surface area contributed by atoms with Crippen molar-refractivity contribution < 1.29 is 13.5 Å². The normalized spacial score (nSPS) is 10.9. The largest absolute Gasteiger partial charge is 0.497 e. The highest BCUT2D eigenvalue weighted by Crippen LogP contribution is 2.19. The second kappa shape index (κ2) is 4.92. The topological polar surface area (TPSA) is 37.9 Å². The third kappa shape index (κ3) is 2.34. The quantitative estimate of drug-likeness (QED) is 0.794. The van der Waals surface area contributed by atoms with Crippen LogP contribution in [0, 0.1) is 11.6 Å². The number of hydrogen-bond donors (Lipinski definition) is 1. The van der Waals surface area contributed by atoms with Crippen molar-refractivity contribution in [3.63, 3.8) is 0 Å². The minimum atomic E-state index is -0.892. The third-order valence-electron chi connectivity index (χ3n) is 3.08. The Hall–Kier alpha value is -2.43. The first-order chi connectivity index (χ1) is 9.65. The molecule has 0 saturated carbocycles. The average molecular weight is 274 g/mol. The Morgan fingerprint density at radius 3 is 2.75 bits per heavy atom. The second-order valence-electron chi connectivity index (χ2n) is 4.50. The lowest BCUT2D eigenvalue weighted by molar-refractivity contribution is 0.414. The predicted molar refractivity (Wildman–Crippen MR) is 71.8 cm³/mol. The maximum Gasteiger partial charge on any atom is 0.161 e. The van der Waals surface area contributed by atoms with Gasteiger partial charge in [0.25, 0.3) is 0 Å². The second-order valence-corrected chi connectivity index (χ2v) is 4.50. The van der Waals surface area contributed by atoms with E-state index in [2.05, 4.69) is 9.97 Å². The molecule has 5 heteroatoms. The summed E-state index contributed by atoms with van der Waals surface area (Å²) in [5.41, 5.74) is 1.91. The van der Waals surface area contributed by atoms with E-state index in [1.807, 2.05) is 24.3 Å². The van der Waals surface area contributed by atoms with Crippen LogP contribution in [0.3, 0.4) is 0 Å². The predicted octanol–water partition coefficient (Wildman–Crippen LogP) is 3.44. The molecule has 0 bridgehead atoms. The van der Waals surface area contributed by atoms with E-state index in [-0.39, 0.29) is 0 Å². The Kier molecular flexibility index (Phi) is 3.10. The Labute approximate surface area is 114 Å². The molecule has 0 radical (unpaired) electrons. The van der Waals surface area contributed by atoms with Crippen LogP contribution in [-0.4, -0.2) is 17.1 Å². The van der Waals surface area contributed by atoms with Crippen LogP contribution < -0.4 is 4.74 Å². The van der Waals surface area contributed by atoms with Crippen molar-refractivity contribution in [1.82, 2.24) is 9.97 Å². The van der Waals surface area contributed by atoms with Crippen molar-refractivity contribution in [2.75, 3.05) is 7.11 Å². The molecule has 1 aromatic heterocycles. The van der Waals surface area contributed by atoms with E-state index >= 15 is 0 Å². The monoisotopic (exact) mass is 274 g/mol. The molecule has 0 unspecified atom stereocenters. The smallest absolute Gasteiger partial charge is 0.161 e. The molecule has 3 rings (SSSR count). The number of benzene rings is 2. The van der Waals surface area contributed by atoms with Gasteiger partial charge in [-0.3, -0.25) is 0 Å². The van der Waals surface area contributed by atoms with E-state index in [9.17, 15) is 8.78 Å². The van der Waals surface area contributed by atoms with Crippen molar-refractivity contribution in [2.45, 2.75) is 6.42 Å². The van der Waals surface area contributed by atoms with Gasteiger partial charge in [0.15, 0.2) is 11.6 Å². The molecular weight excluding hydrogens is 262 g/mol. The summed E-state index contributed by atoms with van der Waals surface area (Å²) in [5, 5.41) is 0. The zero-order valence-electron chi connectivity index (χ0n) is 10.8. The number of hydrogen-bond acceptors (Lipinski definition) is 2. The fourth-order valence-electron chi connectivity index (χ4n) is 2.12. The van der Waals surface area contributed by atoms with Gasteiger partial charge in [-0.05, 0) is 17.7 Å². The minimum absolute atomic E-state index is 0.418. The van der Waals surface area contributed by atoms with E-state index in [1.54, 1.807) is 7.11 Å². The molecule has 0 aliphatic rings. The maximum atomic E-state index is 13.1. The molecule has 0 atom stereocenters. The first-order valence-corrected chi connectivity index (χ1v) is 6.12. The zero-order valence-corrected chi connectivity index (χ0v) is 10.8. The lowest BCUT2D eigenvalue weighted by atomic mass is 10.1. The van der Waals surface area contributed by atoms with Crippen LogP contribution in [0.4, 0.5) is 8.78 Å². The van der Waals surface area contributed by atoms with Crippen molar-refractivity contribution in [3.8, 4) is 5.75 Å². The third-order valence-corrected chi connectivity index (χ3v) is 3.08. The maximum absolute atomic E-state index is 13.1. The highest BCUT2D eigenvalue weighted by atomic mass is 19.2. The van der Waals surface area contributed by atoms with Gasteiger partial charge in [0.1, 0.15) is 11.6 Å². The Morgan fingerprint density at radius 1 is 1.15 bits per heavy atom. The molecule has 20 heavy (non-hydrogen) atoms. The zero-order chi connectivity index (χ0) is 14.1. The summed E-state index contributed by atoms with van der Waals surface area (Å²) in [7, 11) is 1.60. The number of halogens is 2. The summed E-state index contributed by atoms with van der Waals surface area (Å²) < 4.78 is 31.4. The number of nitrogens with one attached hydrogen (secondary N) is 1. The summed E-state index contributed by atoms with van der Waals surface area (Å²) in [6.45, 7) is 0. The highest BCUT2D eigenvalue weighted by Gasteiger charge is 2.09. The molecule has 102 valence electrons. The number of fused-ring (bicyclic) bond motifs is 1. The number of aromatic amines is 1. The number of rotatable bonds is 3. The fraction of sp³-hybridized carbons (Fsp3) is 0.133. The van der Waals surface area contributed by atoms with Crippen molar-refractivity contribution in [2.24, 2.45) is 0 Å². The number of H-pyrrole nitrogens is 1. The number of nitrogens with zero attached hydrogens (tertiary/aromatic N) is 1. The standard InChI is InChI=1S/C15H12F2N2O/c1-20-10-4-2-3-9(5-10)6-15-18-13-7-11(16)12(17)8-14(13)19-15/h2-5,7-8H,6H2,1H3,(H,18,19). The molecule has 2 aromatic carbocycles. The molecule has 1 N–H and O–H groups in total. The summed E-state index contributed by atoms with van der Waals surface area (Å²) >= 11 is 0. The van der Waals surface area contributed by atoms with Crippen LogP contribution in [-0.2, 0) is 6.42 Å². The van der Waals surface area contributed by atoms with Crippen LogP contribution >= 0.6 is 0 Å². The Bertz CT molecular complexity index is 729. The molecule has 3 aromatic rings. The van der Waals surface area contributed by atoms with Gasteiger partial charge in [-0.25, -0.2) is 13.8 Å². The number of imidazole rings is 1. The fourth-order valence-corrected chi connectivity index (χ4v) is 2.12. The van der Waals surface area contributed by atoms with E-state index in [4.69, 9.17) is 4.74 Å². The van der Waals surface area contributed by atoms with Crippen LogP contribution in [0.5, 0.6) is 5.75 Å². The number of methoxy groups -OCH3 is 1. The van der Waals surface area contributed by atoms with Gasteiger partial charge in [0.2, 0.25) is 0 Å².